The van der Waals surface area contributed by atoms with Crippen LogP contribution in [0.2, 0.25) is 0 Å². The minimum atomic E-state index is -0.412. The summed E-state index contributed by atoms with van der Waals surface area (Å²) in [5.41, 5.74) is 11.2. The second kappa shape index (κ2) is 6.34. The van der Waals surface area contributed by atoms with Crippen molar-refractivity contribution < 1.29 is 9.59 Å². The van der Waals surface area contributed by atoms with Crippen molar-refractivity contribution in [2.75, 3.05) is 19.6 Å². The third-order valence-corrected chi connectivity index (χ3v) is 5.77. The normalized spacial score (nSPS) is 31.9. The second-order valence-corrected chi connectivity index (χ2v) is 7.67. The first-order valence-electron chi connectivity index (χ1n) is 8.33. The largest absolute Gasteiger partial charge is 0.351 e. The minimum absolute atomic E-state index is 0.0245. The monoisotopic (exact) mass is 310 g/mol. The number of urea groups is 2. The SMILES string of the molecule is C[C@H]1CCCC(C)(C)[C@@H]1CC1CN(C(N)=O)CCN1C(N)=O. The molecule has 0 aromatic heterocycles. The average Bonchev–Trinajstić information content (AvgIpc) is 2.42. The van der Waals surface area contributed by atoms with E-state index >= 15 is 0 Å². The van der Waals surface area contributed by atoms with Crippen molar-refractivity contribution in [1.29, 1.82) is 0 Å². The highest BCUT2D eigenvalue weighted by Gasteiger charge is 2.41. The molecule has 1 saturated heterocycles. The Hall–Kier alpha value is -1.46. The molecule has 0 spiro atoms. The fraction of sp³-hybridized carbons (Fsp3) is 0.875. The van der Waals surface area contributed by atoms with Crippen LogP contribution in [-0.2, 0) is 0 Å². The molecular formula is C16H30N4O2. The third-order valence-electron chi connectivity index (χ3n) is 5.77. The molecule has 126 valence electrons. The van der Waals surface area contributed by atoms with Gasteiger partial charge in [0.05, 0.1) is 6.04 Å². The highest BCUT2D eigenvalue weighted by atomic mass is 16.2. The Morgan fingerprint density at radius 2 is 1.86 bits per heavy atom. The Morgan fingerprint density at radius 3 is 2.41 bits per heavy atom. The Bertz CT molecular complexity index is 438. The van der Waals surface area contributed by atoms with E-state index in [1.54, 1.807) is 9.80 Å². The van der Waals surface area contributed by atoms with Gasteiger partial charge < -0.3 is 21.3 Å². The molecule has 0 aromatic rings. The van der Waals surface area contributed by atoms with Crippen LogP contribution in [0.5, 0.6) is 0 Å². The lowest BCUT2D eigenvalue weighted by Gasteiger charge is -2.48. The van der Waals surface area contributed by atoms with Gasteiger partial charge in [-0.1, -0.05) is 33.6 Å². The van der Waals surface area contributed by atoms with Gasteiger partial charge in [0.25, 0.3) is 0 Å². The fourth-order valence-corrected chi connectivity index (χ4v) is 4.43. The number of primary amides is 2. The van der Waals surface area contributed by atoms with Crippen molar-refractivity contribution >= 4 is 12.1 Å². The van der Waals surface area contributed by atoms with Gasteiger partial charge in [0, 0.05) is 19.6 Å². The van der Waals surface area contributed by atoms with Crippen LogP contribution in [0.3, 0.4) is 0 Å². The molecule has 2 rings (SSSR count). The lowest BCUT2D eigenvalue weighted by molar-refractivity contribution is 0.0332. The van der Waals surface area contributed by atoms with E-state index in [-0.39, 0.29) is 11.5 Å². The predicted octanol–water partition coefficient (Wildman–Crippen LogP) is 1.98. The molecule has 0 bridgehead atoms. The molecule has 1 heterocycles. The molecule has 0 radical (unpaired) electrons. The number of rotatable bonds is 2. The zero-order valence-electron chi connectivity index (χ0n) is 14.0. The summed E-state index contributed by atoms with van der Waals surface area (Å²) in [6.07, 6.45) is 4.60. The molecule has 6 nitrogen and oxygen atoms in total. The molecule has 1 aliphatic heterocycles. The van der Waals surface area contributed by atoms with E-state index in [0.717, 1.165) is 6.42 Å². The van der Waals surface area contributed by atoms with Gasteiger partial charge in [0.2, 0.25) is 0 Å². The van der Waals surface area contributed by atoms with Crippen molar-refractivity contribution in [3.05, 3.63) is 0 Å². The number of hydrogen-bond donors (Lipinski definition) is 2. The van der Waals surface area contributed by atoms with E-state index in [1.807, 2.05) is 0 Å². The molecule has 4 N–H and O–H groups in total. The van der Waals surface area contributed by atoms with Crippen molar-refractivity contribution in [3.63, 3.8) is 0 Å². The highest BCUT2D eigenvalue weighted by molar-refractivity contribution is 5.74. The molecule has 0 aromatic carbocycles. The van der Waals surface area contributed by atoms with E-state index in [0.29, 0.717) is 31.5 Å². The summed E-state index contributed by atoms with van der Waals surface area (Å²) in [6.45, 7) is 8.38. The Kier molecular flexibility index (Phi) is 4.87. The first-order valence-corrected chi connectivity index (χ1v) is 8.33. The van der Waals surface area contributed by atoms with Gasteiger partial charge in [0.15, 0.2) is 0 Å². The summed E-state index contributed by atoms with van der Waals surface area (Å²) < 4.78 is 0. The summed E-state index contributed by atoms with van der Waals surface area (Å²) in [4.78, 5) is 26.6. The van der Waals surface area contributed by atoms with Gasteiger partial charge in [-0.05, 0) is 30.1 Å². The summed E-state index contributed by atoms with van der Waals surface area (Å²) >= 11 is 0. The number of amides is 4. The molecular weight excluding hydrogens is 280 g/mol. The van der Waals surface area contributed by atoms with E-state index in [9.17, 15) is 9.59 Å². The van der Waals surface area contributed by atoms with Gasteiger partial charge in [-0.25, -0.2) is 9.59 Å². The van der Waals surface area contributed by atoms with Crippen LogP contribution < -0.4 is 11.5 Å². The molecule has 1 saturated carbocycles. The Morgan fingerprint density at radius 1 is 1.18 bits per heavy atom. The third kappa shape index (κ3) is 3.47. The van der Waals surface area contributed by atoms with Crippen molar-refractivity contribution in [2.24, 2.45) is 28.7 Å². The highest BCUT2D eigenvalue weighted by Crippen LogP contribution is 2.46. The fourth-order valence-electron chi connectivity index (χ4n) is 4.43. The average molecular weight is 310 g/mol. The summed E-state index contributed by atoms with van der Waals surface area (Å²) in [5.74, 6) is 1.16. The summed E-state index contributed by atoms with van der Waals surface area (Å²) in [7, 11) is 0. The molecule has 2 aliphatic rings. The Balaban J connectivity index is 2.14. The van der Waals surface area contributed by atoms with Gasteiger partial charge in [-0.2, -0.15) is 0 Å². The number of nitrogens with zero attached hydrogens (tertiary/aromatic N) is 2. The maximum Gasteiger partial charge on any atom is 0.315 e. The molecule has 3 atom stereocenters. The van der Waals surface area contributed by atoms with Gasteiger partial charge >= 0.3 is 12.1 Å². The summed E-state index contributed by atoms with van der Waals surface area (Å²) in [5, 5.41) is 0. The van der Waals surface area contributed by atoms with E-state index in [4.69, 9.17) is 11.5 Å². The molecule has 1 unspecified atom stereocenters. The number of hydrogen-bond acceptors (Lipinski definition) is 2. The van der Waals surface area contributed by atoms with Gasteiger partial charge in [-0.15, -0.1) is 0 Å². The first-order chi connectivity index (χ1) is 10.2. The van der Waals surface area contributed by atoms with Crippen LogP contribution >= 0.6 is 0 Å². The van der Waals surface area contributed by atoms with Crippen LogP contribution in [-0.4, -0.2) is 47.5 Å². The van der Waals surface area contributed by atoms with Crippen molar-refractivity contribution in [3.8, 4) is 0 Å². The van der Waals surface area contributed by atoms with Crippen molar-refractivity contribution in [2.45, 2.75) is 52.5 Å². The molecule has 22 heavy (non-hydrogen) atoms. The van der Waals surface area contributed by atoms with Crippen LogP contribution in [0.15, 0.2) is 0 Å². The number of nitrogens with two attached hydrogens (primary N) is 2. The van der Waals surface area contributed by atoms with Crippen molar-refractivity contribution in [1.82, 2.24) is 9.80 Å². The smallest absolute Gasteiger partial charge is 0.315 e. The maximum absolute atomic E-state index is 11.7. The molecule has 6 heteroatoms. The number of piperazine rings is 1. The zero-order chi connectivity index (χ0) is 16.5. The molecule has 4 amide bonds. The topological polar surface area (TPSA) is 92.7 Å². The quantitative estimate of drug-likeness (QED) is 0.816. The Labute approximate surface area is 133 Å². The van der Waals surface area contributed by atoms with E-state index in [2.05, 4.69) is 20.8 Å². The number of carbonyl (C=O) groups excluding carboxylic acids is 2. The van der Waals surface area contributed by atoms with E-state index < -0.39 is 12.1 Å². The van der Waals surface area contributed by atoms with Crippen LogP contribution in [0.1, 0.15) is 46.5 Å². The van der Waals surface area contributed by atoms with Gasteiger partial charge in [-0.3, -0.25) is 0 Å². The first kappa shape index (κ1) is 16.9. The maximum atomic E-state index is 11.7. The lowest BCUT2D eigenvalue weighted by atomic mass is 9.62. The van der Waals surface area contributed by atoms with Crippen LogP contribution in [0.4, 0.5) is 9.59 Å². The van der Waals surface area contributed by atoms with Crippen LogP contribution in [0, 0.1) is 17.3 Å². The standard InChI is InChI=1S/C16H30N4O2/c1-11-5-4-6-16(2,3)13(11)9-12-10-19(14(17)21)7-8-20(12)15(18)22/h11-13H,4-10H2,1-3H3,(H2,17,21)(H2,18,22)/t11-,12?,13+/m0/s1. The summed E-state index contributed by atoms with van der Waals surface area (Å²) in [6, 6.07) is -0.830. The zero-order valence-corrected chi connectivity index (χ0v) is 14.0. The minimum Gasteiger partial charge on any atom is -0.351 e. The second-order valence-electron chi connectivity index (χ2n) is 7.67. The lowest BCUT2D eigenvalue weighted by Crippen LogP contribution is -2.59. The van der Waals surface area contributed by atoms with E-state index in [1.165, 1.54) is 19.3 Å². The molecule has 1 aliphatic carbocycles. The van der Waals surface area contributed by atoms with Crippen LogP contribution in [0.25, 0.3) is 0 Å². The van der Waals surface area contributed by atoms with Gasteiger partial charge in [0.1, 0.15) is 0 Å². The predicted molar refractivity (Wildman–Crippen MR) is 86.1 cm³/mol. The number of carbonyl (C=O) groups is 2. The molecule has 2 fully saturated rings.